The Morgan fingerprint density at radius 1 is 1.23 bits per heavy atom. The van der Waals surface area contributed by atoms with Gasteiger partial charge in [0.2, 0.25) is 11.8 Å². The molecule has 164 valence electrons. The Labute approximate surface area is 185 Å². The molecule has 1 saturated heterocycles. The van der Waals surface area contributed by atoms with Gasteiger partial charge in [0.25, 0.3) is 10.0 Å². The van der Waals surface area contributed by atoms with Crippen LogP contribution < -0.4 is 14.8 Å². The van der Waals surface area contributed by atoms with Crippen molar-refractivity contribution in [3.63, 3.8) is 0 Å². The zero-order chi connectivity index (χ0) is 22.0. The number of sulfonamides is 1. The summed E-state index contributed by atoms with van der Waals surface area (Å²) in [5.74, 6) is -0.200. The van der Waals surface area contributed by atoms with Crippen molar-refractivity contribution in [1.29, 1.82) is 0 Å². The number of likely N-dealkylation sites (tertiary alicyclic amines) is 1. The van der Waals surface area contributed by atoms with E-state index < -0.39 is 21.2 Å². The molecule has 2 aromatic rings. The summed E-state index contributed by atoms with van der Waals surface area (Å²) in [5, 5.41) is 1.84. The van der Waals surface area contributed by atoms with E-state index >= 15 is 0 Å². The van der Waals surface area contributed by atoms with Crippen LogP contribution in [0.15, 0.2) is 52.3 Å². The molecule has 2 aliphatic rings. The maximum Gasteiger partial charge on any atom is 0.262 e. The first-order chi connectivity index (χ1) is 14.9. The van der Waals surface area contributed by atoms with E-state index in [1.54, 1.807) is 35.2 Å². The standard InChI is InChI=1S/C21H23N3O5S2/c1-2-29-17-8-4-3-7-15(17)23-31(27,28)14-9-10-18-16(13-14)22-20(25)19(30-18)21(26)24-11-5-6-12-24/h3-4,7-10,13,19,23H,2,5-6,11-12H2,1H3,(H,22,25)/t19-/m1/s1. The van der Waals surface area contributed by atoms with E-state index in [1.165, 1.54) is 12.1 Å². The van der Waals surface area contributed by atoms with Gasteiger partial charge in [-0.05, 0) is 50.1 Å². The number of fused-ring (bicyclic) bond motifs is 1. The lowest BCUT2D eigenvalue weighted by atomic mass is 10.2. The van der Waals surface area contributed by atoms with Crippen LogP contribution in [0.4, 0.5) is 11.4 Å². The highest BCUT2D eigenvalue weighted by Crippen LogP contribution is 2.38. The predicted octanol–water partition coefficient (Wildman–Crippen LogP) is 2.92. The van der Waals surface area contributed by atoms with Crippen molar-refractivity contribution in [3.8, 4) is 5.75 Å². The highest BCUT2D eigenvalue weighted by atomic mass is 32.2. The molecule has 0 aliphatic carbocycles. The van der Waals surface area contributed by atoms with Crippen molar-refractivity contribution in [2.24, 2.45) is 0 Å². The fourth-order valence-corrected chi connectivity index (χ4v) is 5.71. The number of anilines is 2. The highest BCUT2D eigenvalue weighted by Gasteiger charge is 2.37. The number of para-hydroxylation sites is 2. The van der Waals surface area contributed by atoms with Crippen LogP contribution >= 0.6 is 11.8 Å². The number of carbonyl (C=O) groups excluding carboxylic acids is 2. The number of benzene rings is 2. The molecule has 0 radical (unpaired) electrons. The summed E-state index contributed by atoms with van der Waals surface area (Å²) in [5.41, 5.74) is 0.707. The summed E-state index contributed by atoms with van der Waals surface area (Å²) in [6.07, 6.45) is 1.89. The van der Waals surface area contributed by atoms with Crippen LogP contribution in [-0.2, 0) is 19.6 Å². The third-order valence-corrected chi connectivity index (χ3v) is 7.70. The van der Waals surface area contributed by atoms with Crippen LogP contribution in [0.5, 0.6) is 5.75 Å². The highest BCUT2D eigenvalue weighted by molar-refractivity contribution is 8.01. The van der Waals surface area contributed by atoms with Crippen molar-refractivity contribution >= 4 is 45.0 Å². The molecule has 2 amide bonds. The van der Waals surface area contributed by atoms with E-state index in [0.29, 0.717) is 41.7 Å². The SMILES string of the molecule is CCOc1ccccc1NS(=O)(=O)c1ccc2c(c1)NC(=O)[C@H](C(=O)N1CCCC1)S2. The molecule has 1 fully saturated rings. The van der Waals surface area contributed by atoms with Crippen molar-refractivity contribution in [2.45, 2.75) is 34.8 Å². The first-order valence-corrected chi connectivity index (χ1v) is 12.4. The molecule has 0 spiro atoms. The molecule has 8 nitrogen and oxygen atoms in total. The van der Waals surface area contributed by atoms with Crippen molar-refractivity contribution in [1.82, 2.24) is 4.90 Å². The van der Waals surface area contributed by atoms with Crippen molar-refractivity contribution in [3.05, 3.63) is 42.5 Å². The van der Waals surface area contributed by atoms with E-state index in [1.807, 2.05) is 6.92 Å². The Hall–Kier alpha value is -2.72. The van der Waals surface area contributed by atoms with Gasteiger partial charge in [-0.3, -0.25) is 14.3 Å². The second kappa shape index (κ2) is 8.80. The zero-order valence-corrected chi connectivity index (χ0v) is 18.6. The largest absolute Gasteiger partial charge is 0.492 e. The summed E-state index contributed by atoms with van der Waals surface area (Å²) in [6, 6.07) is 11.3. The monoisotopic (exact) mass is 461 g/mol. The number of nitrogens with one attached hydrogen (secondary N) is 2. The van der Waals surface area contributed by atoms with Crippen LogP contribution in [0.25, 0.3) is 0 Å². The minimum atomic E-state index is -3.91. The molecule has 1 atom stereocenters. The Morgan fingerprint density at radius 2 is 1.97 bits per heavy atom. The molecule has 0 saturated carbocycles. The lowest BCUT2D eigenvalue weighted by Gasteiger charge is -2.27. The van der Waals surface area contributed by atoms with E-state index in [4.69, 9.17) is 4.74 Å². The van der Waals surface area contributed by atoms with Crippen LogP contribution in [0.2, 0.25) is 0 Å². The number of hydrogen-bond donors (Lipinski definition) is 2. The summed E-state index contributed by atoms with van der Waals surface area (Å²) >= 11 is 1.15. The fourth-order valence-electron chi connectivity index (χ4n) is 3.56. The zero-order valence-electron chi connectivity index (χ0n) is 17.0. The Morgan fingerprint density at radius 3 is 2.71 bits per heavy atom. The van der Waals surface area contributed by atoms with Gasteiger partial charge in [0.05, 0.1) is 22.9 Å². The Bertz CT molecular complexity index is 1110. The number of nitrogens with zero attached hydrogens (tertiary/aromatic N) is 1. The first-order valence-electron chi connectivity index (χ1n) is 10.0. The normalized spacial score (nSPS) is 18.3. The summed E-state index contributed by atoms with van der Waals surface area (Å²) < 4.78 is 33.9. The fraction of sp³-hybridized carbons (Fsp3) is 0.333. The smallest absolute Gasteiger partial charge is 0.262 e. The Balaban J connectivity index is 1.55. The third-order valence-electron chi connectivity index (χ3n) is 5.08. The maximum atomic E-state index is 12.9. The molecule has 2 heterocycles. The average Bonchev–Trinajstić information content (AvgIpc) is 3.29. The van der Waals surface area contributed by atoms with Crippen LogP contribution in [0.1, 0.15) is 19.8 Å². The molecular formula is C21H23N3O5S2. The first kappa shape index (κ1) is 21.5. The van der Waals surface area contributed by atoms with Crippen LogP contribution in [0, 0.1) is 0 Å². The van der Waals surface area contributed by atoms with E-state index in [9.17, 15) is 18.0 Å². The number of amides is 2. The number of rotatable bonds is 6. The molecule has 10 heteroatoms. The number of carbonyl (C=O) groups is 2. The van der Waals surface area contributed by atoms with Crippen LogP contribution in [0.3, 0.4) is 0 Å². The van der Waals surface area contributed by atoms with E-state index in [-0.39, 0.29) is 10.8 Å². The van der Waals surface area contributed by atoms with Gasteiger partial charge in [0, 0.05) is 18.0 Å². The molecular weight excluding hydrogens is 438 g/mol. The van der Waals surface area contributed by atoms with Crippen LogP contribution in [-0.4, -0.2) is 50.1 Å². The van der Waals surface area contributed by atoms with E-state index in [2.05, 4.69) is 10.0 Å². The lowest BCUT2D eigenvalue weighted by Crippen LogP contribution is -2.43. The summed E-state index contributed by atoms with van der Waals surface area (Å²) in [4.78, 5) is 27.6. The topological polar surface area (TPSA) is 105 Å². The summed E-state index contributed by atoms with van der Waals surface area (Å²) in [6.45, 7) is 3.55. The third kappa shape index (κ3) is 4.49. The van der Waals surface area contributed by atoms with Gasteiger partial charge in [-0.2, -0.15) is 0 Å². The molecule has 31 heavy (non-hydrogen) atoms. The van der Waals surface area contributed by atoms with Crippen molar-refractivity contribution in [2.75, 3.05) is 29.7 Å². The van der Waals surface area contributed by atoms with Gasteiger partial charge < -0.3 is 15.0 Å². The van der Waals surface area contributed by atoms with Gasteiger partial charge in [0.15, 0.2) is 5.25 Å². The molecule has 2 aromatic carbocycles. The Kier molecular flexibility index (Phi) is 6.10. The quantitative estimate of drug-likeness (QED) is 0.641. The molecule has 0 aromatic heterocycles. The molecule has 0 unspecified atom stereocenters. The predicted molar refractivity (Wildman–Crippen MR) is 119 cm³/mol. The summed E-state index contributed by atoms with van der Waals surface area (Å²) in [7, 11) is -3.91. The van der Waals surface area contributed by atoms with Gasteiger partial charge in [-0.25, -0.2) is 8.42 Å². The van der Waals surface area contributed by atoms with Crippen molar-refractivity contribution < 1.29 is 22.7 Å². The minimum Gasteiger partial charge on any atom is -0.492 e. The molecule has 2 N–H and O–H groups in total. The molecule has 0 bridgehead atoms. The van der Waals surface area contributed by atoms with E-state index in [0.717, 1.165) is 24.6 Å². The van der Waals surface area contributed by atoms with Gasteiger partial charge in [0.1, 0.15) is 5.75 Å². The number of thioether (sulfide) groups is 1. The average molecular weight is 462 g/mol. The van der Waals surface area contributed by atoms with Gasteiger partial charge in [-0.15, -0.1) is 11.8 Å². The minimum absolute atomic E-state index is 0.00257. The molecule has 4 rings (SSSR count). The molecule has 2 aliphatic heterocycles. The lowest BCUT2D eigenvalue weighted by molar-refractivity contribution is -0.133. The van der Waals surface area contributed by atoms with Gasteiger partial charge >= 0.3 is 0 Å². The second-order valence-electron chi connectivity index (χ2n) is 7.21. The second-order valence-corrected chi connectivity index (χ2v) is 10.0. The van der Waals surface area contributed by atoms with Gasteiger partial charge in [-0.1, -0.05) is 12.1 Å². The maximum absolute atomic E-state index is 12.9. The number of ether oxygens (including phenoxy) is 1. The number of hydrogen-bond acceptors (Lipinski definition) is 6.